The number of rotatable bonds is 6. The molecule has 17 heavy (non-hydrogen) atoms. The predicted molar refractivity (Wildman–Crippen MR) is 71.0 cm³/mol. The first kappa shape index (κ1) is 14.5. The minimum absolute atomic E-state index is 0.0597. The fraction of sp³-hybridized carbons (Fsp3) is 0.923. The number of nitrogens with one attached hydrogen (secondary N) is 2. The third-order valence-electron chi connectivity index (χ3n) is 3.37. The molecule has 2 N–H and O–H groups in total. The molecule has 1 aliphatic heterocycles. The van der Waals surface area contributed by atoms with E-state index in [1.54, 1.807) is 6.92 Å². The molecule has 1 rings (SSSR count). The van der Waals surface area contributed by atoms with Crippen LogP contribution in [0, 0.1) is 0 Å². The highest BCUT2D eigenvalue weighted by Gasteiger charge is 2.18. The highest BCUT2D eigenvalue weighted by Crippen LogP contribution is 2.09. The van der Waals surface area contributed by atoms with Gasteiger partial charge in [-0.2, -0.15) is 0 Å². The molecule has 4 heteroatoms. The Morgan fingerprint density at radius 3 is 2.76 bits per heavy atom. The standard InChI is InChI=1S/C13H27N3O/c1-11(2)16(9-8-14-12(3)17)10-13-6-4-5-7-15-13/h11,13,15H,4-10H2,1-3H3,(H,14,17). The van der Waals surface area contributed by atoms with Crippen LogP contribution in [-0.4, -0.2) is 49.1 Å². The number of carbonyl (C=O) groups is 1. The second-order valence-corrected chi connectivity index (χ2v) is 5.22. The van der Waals surface area contributed by atoms with Crippen molar-refractivity contribution < 1.29 is 4.79 Å². The van der Waals surface area contributed by atoms with E-state index in [4.69, 9.17) is 0 Å². The molecule has 1 heterocycles. The molecule has 0 aromatic heterocycles. The first-order chi connectivity index (χ1) is 8.09. The normalized spacial score (nSPS) is 20.9. The van der Waals surface area contributed by atoms with E-state index in [0.29, 0.717) is 12.1 Å². The van der Waals surface area contributed by atoms with Crippen molar-refractivity contribution in [3.05, 3.63) is 0 Å². The van der Waals surface area contributed by atoms with E-state index in [0.717, 1.165) is 26.2 Å². The molecule has 1 atom stereocenters. The lowest BCUT2D eigenvalue weighted by molar-refractivity contribution is -0.119. The summed E-state index contributed by atoms with van der Waals surface area (Å²) in [5.41, 5.74) is 0. The Morgan fingerprint density at radius 2 is 2.24 bits per heavy atom. The summed E-state index contributed by atoms with van der Waals surface area (Å²) in [6, 6.07) is 1.16. The molecular formula is C13H27N3O. The minimum Gasteiger partial charge on any atom is -0.355 e. The van der Waals surface area contributed by atoms with Crippen LogP contribution in [0.2, 0.25) is 0 Å². The van der Waals surface area contributed by atoms with Crippen LogP contribution in [0.1, 0.15) is 40.0 Å². The summed E-state index contributed by atoms with van der Waals surface area (Å²) in [6.45, 7) is 9.95. The fourth-order valence-electron chi connectivity index (χ4n) is 2.30. The van der Waals surface area contributed by atoms with E-state index in [1.165, 1.54) is 19.3 Å². The smallest absolute Gasteiger partial charge is 0.216 e. The molecule has 0 aromatic rings. The van der Waals surface area contributed by atoms with Crippen molar-refractivity contribution in [2.24, 2.45) is 0 Å². The average Bonchev–Trinajstić information content (AvgIpc) is 2.28. The second kappa shape index (κ2) is 7.67. The lowest BCUT2D eigenvalue weighted by Gasteiger charge is -2.33. The Morgan fingerprint density at radius 1 is 1.47 bits per heavy atom. The maximum absolute atomic E-state index is 10.8. The van der Waals surface area contributed by atoms with Crippen molar-refractivity contribution in [1.82, 2.24) is 15.5 Å². The minimum atomic E-state index is 0.0597. The lowest BCUT2D eigenvalue weighted by Crippen LogP contribution is -2.47. The van der Waals surface area contributed by atoms with Gasteiger partial charge in [-0.25, -0.2) is 0 Å². The van der Waals surface area contributed by atoms with Gasteiger partial charge in [-0.05, 0) is 33.2 Å². The van der Waals surface area contributed by atoms with Crippen molar-refractivity contribution in [2.45, 2.75) is 52.1 Å². The molecule has 1 amide bonds. The lowest BCUT2D eigenvalue weighted by atomic mass is 10.0. The number of piperidine rings is 1. The zero-order chi connectivity index (χ0) is 12.7. The molecular weight excluding hydrogens is 214 g/mol. The molecule has 0 aliphatic carbocycles. The summed E-state index contributed by atoms with van der Waals surface area (Å²) in [5.74, 6) is 0.0597. The largest absolute Gasteiger partial charge is 0.355 e. The van der Waals surface area contributed by atoms with Crippen molar-refractivity contribution >= 4 is 5.91 Å². The van der Waals surface area contributed by atoms with Gasteiger partial charge in [-0.1, -0.05) is 6.42 Å². The number of nitrogens with zero attached hydrogens (tertiary/aromatic N) is 1. The van der Waals surface area contributed by atoms with E-state index in [-0.39, 0.29) is 5.91 Å². The van der Waals surface area contributed by atoms with Crippen LogP contribution in [0.15, 0.2) is 0 Å². The summed E-state index contributed by atoms with van der Waals surface area (Å²) in [6.07, 6.45) is 3.93. The molecule has 0 spiro atoms. The fourth-order valence-corrected chi connectivity index (χ4v) is 2.30. The van der Waals surface area contributed by atoms with Crippen molar-refractivity contribution in [2.75, 3.05) is 26.2 Å². The quantitative estimate of drug-likeness (QED) is 0.728. The summed E-state index contributed by atoms with van der Waals surface area (Å²) < 4.78 is 0. The van der Waals surface area contributed by atoms with Crippen molar-refractivity contribution in [1.29, 1.82) is 0 Å². The monoisotopic (exact) mass is 241 g/mol. The summed E-state index contributed by atoms with van der Waals surface area (Å²) in [7, 11) is 0. The summed E-state index contributed by atoms with van der Waals surface area (Å²) >= 11 is 0. The number of amides is 1. The number of hydrogen-bond acceptors (Lipinski definition) is 3. The second-order valence-electron chi connectivity index (χ2n) is 5.22. The molecule has 0 radical (unpaired) electrons. The van der Waals surface area contributed by atoms with Gasteiger partial charge in [-0.3, -0.25) is 9.69 Å². The SMILES string of the molecule is CC(=O)NCCN(CC1CCCCN1)C(C)C. The summed E-state index contributed by atoms with van der Waals surface area (Å²) in [4.78, 5) is 13.3. The van der Waals surface area contributed by atoms with Crippen LogP contribution in [-0.2, 0) is 4.79 Å². The highest BCUT2D eigenvalue weighted by atomic mass is 16.1. The molecule has 0 aromatic carbocycles. The van der Waals surface area contributed by atoms with Crippen LogP contribution < -0.4 is 10.6 Å². The molecule has 1 saturated heterocycles. The summed E-state index contributed by atoms with van der Waals surface area (Å²) in [5, 5.41) is 6.44. The molecule has 0 bridgehead atoms. The molecule has 4 nitrogen and oxygen atoms in total. The Labute approximate surface area is 105 Å². The third kappa shape index (κ3) is 6.03. The van der Waals surface area contributed by atoms with Gasteiger partial charge < -0.3 is 10.6 Å². The maximum atomic E-state index is 10.8. The van der Waals surface area contributed by atoms with Crippen LogP contribution in [0.5, 0.6) is 0 Å². The van der Waals surface area contributed by atoms with Gasteiger partial charge in [0, 0.05) is 38.6 Å². The predicted octanol–water partition coefficient (Wildman–Crippen LogP) is 0.975. The Balaban J connectivity index is 2.28. The molecule has 0 saturated carbocycles. The first-order valence-electron chi connectivity index (χ1n) is 6.81. The van der Waals surface area contributed by atoms with Crippen molar-refractivity contribution in [3.8, 4) is 0 Å². The third-order valence-corrected chi connectivity index (χ3v) is 3.37. The van der Waals surface area contributed by atoms with E-state index in [1.807, 2.05) is 0 Å². The zero-order valence-electron chi connectivity index (χ0n) is 11.5. The van der Waals surface area contributed by atoms with Gasteiger partial charge in [0.25, 0.3) is 0 Å². The van der Waals surface area contributed by atoms with Crippen LogP contribution >= 0.6 is 0 Å². The first-order valence-corrected chi connectivity index (χ1v) is 6.81. The zero-order valence-corrected chi connectivity index (χ0v) is 11.5. The van der Waals surface area contributed by atoms with Crippen LogP contribution in [0.4, 0.5) is 0 Å². The van der Waals surface area contributed by atoms with Gasteiger partial charge in [-0.15, -0.1) is 0 Å². The van der Waals surface area contributed by atoms with E-state index >= 15 is 0 Å². The van der Waals surface area contributed by atoms with Gasteiger partial charge in [0.2, 0.25) is 5.91 Å². The van der Waals surface area contributed by atoms with Crippen LogP contribution in [0.25, 0.3) is 0 Å². The molecule has 1 fully saturated rings. The Bertz CT molecular complexity index is 225. The maximum Gasteiger partial charge on any atom is 0.216 e. The number of hydrogen-bond donors (Lipinski definition) is 2. The Hall–Kier alpha value is -0.610. The van der Waals surface area contributed by atoms with E-state index < -0.39 is 0 Å². The molecule has 1 aliphatic rings. The van der Waals surface area contributed by atoms with Gasteiger partial charge in [0.05, 0.1) is 0 Å². The van der Waals surface area contributed by atoms with E-state index in [2.05, 4.69) is 29.4 Å². The van der Waals surface area contributed by atoms with Gasteiger partial charge in [0.15, 0.2) is 0 Å². The van der Waals surface area contributed by atoms with Gasteiger partial charge >= 0.3 is 0 Å². The topological polar surface area (TPSA) is 44.4 Å². The average molecular weight is 241 g/mol. The Kier molecular flexibility index (Phi) is 6.52. The van der Waals surface area contributed by atoms with Crippen molar-refractivity contribution in [3.63, 3.8) is 0 Å². The van der Waals surface area contributed by atoms with Gasteiger partial charge in [0.1, 0.15) is 0 Å². The van der Waals surface area contributed by atoms with Crippen LogP contribution in [0.3, 0.4) is 0 Å². The molecule has 1 unspecified atom stereocenters. The highest BCUT2D eigenvalue weighted by molar-refractivity contribution is 5.72. The van der Waals surface area contributed by atoms with E-state index in [9.17, 15) is 4.79 Å². The molecule has 100 valence electrons. The number of carbonyl (C=O) groups excluding carboxylic acids is 1.